The van der Waals surface area contributed by atoms with Crippen LogP contribution in [0.1, 0.15) is 32.3 Å². The highest BCUT2D eigenvalue weighted by atomic mass is 35.5. The van der Waals surface area contributed by atoms with Crippen LogP contribution in [0.15, 0.2) is 54.6 Å². The molecule has 1 aliphatic heterocycles. The van der Waals surface area contributed by atoms with Gasteiger partial charge in [0, 0.05) is 40.8 Å². The Balaban J connectivity index is 1.57. The second-order valence-corrected chi connectivity index (χ2v) is 13.9. The van der Waals surface area contributed by atoms with Gasteiger partial charge >= 0.3 is 0 Å². The number of hydrogen-bond donors (Lipinski definition) is 0. The molecular weight excluding hydrogens is 518 g/mol. The van der Waals surface area contributed by atoms with Crippen molar-refractivity contribution in [1.82, 2.24) is 0 Å². The molecule has 0 saturated carbocycles. The van der Waals surface area contributed by atoms with Gasteiger partial charge in [-0.05, 0) is 74.9 Å². The van der Waals surface area contributed by atoms with Gasteiger partial charge in [-0.1, -0.05) is 41.9 Å². The first kappa shape index (κ1) is 27.5. The molecule has 0 bridgehead atoms. The minimum Gasteiger partial charge on any atom is -0.363 e. The van der Waals surface area contributed by atoms with E-state index in [2.05, 4.69) is 0 Å². The molecule has 1 fully saturated rings. The zero-order valence-corrected chi connectivity index (χ0v) is 22.9. The van der Waals surface area contributed by atoms with Crippen LogP contribution in [0.2, 0.25) is 5.02 Å². The van der Waals surface area contributed by atoms with E-state index in [-0.39, 0.29) is 58.5 Å². The molecule has 196 valence electrons. The smallest absolute Gasteiger partial charge is 0.182 e. The predicted octanol–water partition coefficient (Wildman–Crippen LogP) is 7.48. The van der Waals surface area contributed by atoms with E-state index in [1.165, 1.54) is 18.2 Å². The van der Waals surface area contributed by atoms with Gasteiger partial charge in [-0.2, -0.15) is 0 Å². The Kier molecular flexibility index (Phi) is 7.92. The van der Waals surface area contributed by atoms with Gasteiger partial charge in [0.2, 0.25) is 0 Å². The third kappa shape index (κ3) is 5.66. The lowest BCUT2D eigenvalue weighted by Gasteiger charge is -2.31. The van der Waals surface area contributed by atoms with E-state index in [4.69, 9.17) is 11.6 Å². The highest BCUT2D eigenvalue weighted by Crippen LogP contribution is 2.42. The minimum atomic E-state index is -2.72. The van der Waals surface area contributed by atoms with E-state index in [9.17, 15) is 13.8 Å². The average Bonchev–Trinajstić information content (AvgIpc) is 3.09. The standard InChI is InChI=1S/C29H30ClF3NO2P/c1-17-13-20(15-22(35)14-19-9-10-21(30)16-25(19)31)18(2)34(17)26-12-11-24(28(32)29(26)33)23-7-5-6-8-27(23)37(3,4)36/h5-12,16-18,20H,13-15H2,1-4H3. The van der Waals surface area contributed by atoms with Crippen LogP contribution in [0.4, 0.5) is 18.9 Å². The number of carbonyl (C=O) groups excluding carboxylic acids is 1. The molecule has 1 saturated heterocycles. The Bertz CT molecular complexity index is 1390. The number of rotatable bonds is 7. The van der Waals surface area contributed by atoms with E-state index >= 15 is 8.78 Å². The molecule has 3 aromatic carbocycles. The fourth-order valence-electron chi connectivity index (χ4n) is 5.45. The van der Waals surface area contributed by atoms with Crippen LogP contribution in [0.25, 0.3) is 11.1 Å². The largest absolute Gasteiger partial charge is 0.363 e. The Morgan fingerprint density at radius 1 is 1.00 bits per heavy atom. The van der Waals surface area contributed by atoms with Gasteiger partial charge in [0.15, 0.2) is 11.6 Å². The minimum absolute atomic E-state index is 0.0452. The van der Waals surface area contributed by atoms with Gasteiger partial charge in [-0.25, -0.2) is 13.2 Å². The van der Waals surface area contributed by atoms with Crippen LogP contribution in [-0.4, -0.2) is 31.2 Å². The molecule has 0 N–H and O–H groups in total. The number of Topliss-reactive ketones (excluding diaryl/α,β-unsaturated/α-hetero) is 1. The number of anilines is 1. The van der Waals surface area contributed by atoms with Crippen molar-refractivity contribution in [1.29, 1.82) is 0 Å². The maximum absolute atomic E-state index is 15.5. The van der Waals surface area contributed by atoms with Crippen molar-refractivity contribution >= 4 is 35.5 Å². The molecule has 0 aromatic heterocycles. The Hall–Kier alpha value is -2.56. The molecule has 0 radical (unpaired) electrons. The van der Waals surface area contributed by atoms with E-state index in [0.717, 1.165) is 0 Å². The summed E-state index contributed by atoms with van der Waals surface area (Å²) in [4.78, 5) is 14.6. The van der Waals surface area contributed by atoms with Crippen molar-refractivity contribution in [3.8, 4) is 11.1 Å². The van der Waals surface area contributed by atoms with Crippen LogP contribution < -0.4 is 10.2 Å². The summed E-state index contributed by atoms with van der Waals surface area (Å²) in [6.07, 6.45) is 0.787. The first-order chi connectivity index (χ1) is 17.4. The Morgan fingerprint density at radius 2 is 1.70 bits per heavy atom. The lowest BCUT2D eigenvalue weighted by molar-refractivity contribution is -0.119. The first-order valence-corrected chi connectivity index (χ1v) is 15.2. The lowest BCUT2D eigenvalue weighted by Crippen LogP contribution is -2.35. The van der Waals surface area contributed by atoms with Crippen molar-refractivity contribution in [3.05, 3.63) is 82.6 Å². The number of nitrogens with zero attached hydrogens (tertiary/aromatic N) is 1. The van der Waals surface area contributed by atoms with Crippen LogP contribution in [0.3, 0.4) is 0 Å². The van der Waals surface area contributed by atoms with Crippen molar-refractivity contribution in [2.24, 2.45) is 5.92 Å². The van der Waals surface area contributed by atoms with Crippen molar-refractivity contribution < 1.29 is 22.5 Å². The van der Waals surface area contributed by atoms with Crippen LogP contribution in [0, 0.1) is 23.4 Å². The zero-order chi connectivity index (χ0) is 27.1. The van der Waals surface area contributed by atoms with Gasteiger partial charge in [0.05, 0.1) is 5.69 Å². The SMILES string of the molecule is CC1CC(CC(=O)Cc2ccc(Cl)cc2F)C(C)N1c1ccc(-c2ccccc2P(C)(C)=O)c(F)c1F. The summed E-state index contributed by atoms with van der Waals surface area (Å²) in [7, 11) is -2.72. The monoisotopic (exact) mass is 547 g/mol. The summed E-state index contributed by atoms with van der Waals surface area (Å²) >= 11 is 5.80. The molecule has 0 amide bonds. The number of carbonyl (C=O) groups is 1. The molecule has 3 nitrogen and oxygen atoms in total. The third-order valence-electron chi connectivity index (χ3n) is 7.25. The Morgan fingerprint density at radius 3 is 2.38 bits per heavy atom. The summed E-state index contributed by atoms with van der Waals surface area (Å²) in [5.41, 5.74) is 0.905. The van der Waals surface area contributed by atoms with E-state index in [1.54, 1.807) is 49.7 Å². The molecule has 3 unspecified atom stereocenters. The second kappa shape index (κ2) is 10.7. The molecule has 8 heteroatoms. The van der Waals surface area contributed by atoms with Gasteiger partial charge in [0.25, 0.3) is 0 Å². The molecule has 1 heterocycles. The van der Waals surface area contributed by atoms with Gasteiger partial charge < -0.3 is 9.46 Å². The van der Waals surface area contributed by atoms with Gasteiger partial charge in [-0.3, -0.25) is 4.79 Å². The van der Waals surface area contributed by atoms with E-state index in [1.807, 2.05) is 18.7 Å². The maximum atomic E-state index is 15.5. The average molecular weight is 548 g/mol. The zero-order valence-electron chi connectivity index (χ0n) is 21.3. The van der Waals surface area contributed by atoms with E-state index in [0.29, 0.717) is 17.3 Å². The maximum Gasteiger partial charge on any atom is 0.182 e. The van der Waals surface area contributed by atoms with Gasteiger partial charge in [-0.15, -0.1) is 0 Å². The molecule has 3 aromatic rings. The number of halogens is 4. The van der Waals surface area contributed by atoms with Crippen molar-refractivity contribution in [3.63, 3.8) is 0 Å². The second-order valence-electron chi connectivity index (χ2n) is 10.3. The fraction of sp³-hybridized carbons (Fsp3) is 0.345. The lowest BCUT2D eigenvalue weighted by atomic mass is 9.92. The summed E-state index contributed by atoms with van der Waals surface area (Å²) in [5.74, 6) is -2.68. The predicted molar refractivity (Wildman–Crippen MR) is 145 cm³/mol. The fourth-order valence-corrected chi connectivity index (χ4v) is 6.83. The van der Waals surface area contributed by atoms with E-state index < -0.39 is 24.6 Å². The van der Waals surface area contributed by atoms with Crippen molar-refractivity contribution in [2.75, 3.05) is 18.2 Å². The normalized spacial score (nSPS) is 19.9. The van der Waals surface area contributed by atoms with Crippen molar-refractivity contribution in [2.45, 2.75) is 45.2 Å². The number of ketones is 1. The highest BCUT2D eigenvalue weighted by molar-refractivity contribution is 7.70. The molecule has 0 spiro atoms. The molecule has 4 rings (SSSR count). The molecule has 0 aliphatic carbocycles. The van der Waals surface area contributed by atoms with Crippen LogP contribution >= 0.6 is 18.7 Å². The molecule has 3 atom stereocenters. The quantitative estimate of drug-likeness (QED) is 0.288. The first-order valence-electron chi connectivity index (χ1n) is 12.3. The molecule has 37 heavy (non-hydrogen) atoms. The third-order valence-corrected chi connectivity index (χ3v) is 9.03. The highest BCUT2D eigenvalue weighted by Gasteiger charge is 2.39. The van der Waals surface area contributed by atoms with Crippen LogP contribution in [-0.2, 0) is 15.8 Å². The summed E-state index contributed by atoms with van der Waals surface area (Å²) in [6.45, 7) is 7.02. The summed E-state index contributed by atoms with van der Waals surface area (Å²) in [5, 5.41) is 0.768. The number of benzene rings is 3. The van der Waals surface area contributed by atoms with Gasteiger partial charge in [0.1, 0.15) is 18.7 Å². The summed E-state index contributed by atoms with van der Waals surface area (Å²) in [6, 6.07) is 13.8. The molecular formula is C29H30ClF3NO2P. The molecule has 1 aliphatic rings. The van der Waals surface area contributed by atoms with Crippen LogP contribution in [0.5, 0.6) is 0 Å². The number of hydrogen-bond acceptors (Lipinski definition) is 3. The summed E-state index contributed by atoms with van der Waals surface area (Å²) < 4.78 is 57.9. The topological polar surface area (TPSA) is 37.4 Å². The Labute approximate surface area is 221 Å².